The van der Waals surface area contributed by atoms with Crippen molar-refractivity contribution < 1.29 is 26.7 Å². The number of hydrogen-bond acceptors (Lipinski definition) is 3. The van der Waals surface area contributed by atoms with Crippen molar-refractivity contribution in [3.63, 3.8) is 0 Å². The maximum atomic E-state index is 11.8. The van der Waals surface area contributed by atoms with Crippen molar-refractivity contribution in [3.05, 3.63) is 84.6 Å². The number of benzene rings is 2. The molecule has 2 aromatic carbocycles. The Balaban J connectivity index is 0.00000245. The highest BCUT2D eigenvalue weighted by Crippen LogP contribution is 2.48. The van der Waals surface area contributed by atoms with Gasteiger partial charge in [0.25, 0.3) is 0 Å². The SMILES string of the molecule is C=C[C@H]1C[N+]2(Cc3ccccc3)CC[C@@H]1C[C@@H]2[C@@H](O)c1ccnc2ccc(OC)cc12.[Cl-]. The molecule has 6 rings (SSSR count). The second kappa shape index (κ2) is 9.22. The lowest BCUT2D eigenvalue weighted by Crippen LogP contribution is -3.00. The van der Waals surface area contributed by atoms with E-state index in [1.165, 1.54) is 12.0 Å². The minimum absolute atomic E-state index is 0. The van der Waals surface area contributed by atoms with Crippen LogP contribution < -0.4 is 17.1 Å². The van der Waals surface area contributed by atoms with Gasteiger partial charge in [0.05, 0.1) is 25.7 Å². The molecule has 1 unspecified atom stereocenters. The van der Waals surface area contributed by atoms with Crippen LogP contribution in [-0.4, -0.2) is 40.8 Å². The van der Waals surface area contributed by atoms with E-state index >= 15 is 0 Å². The normalized spacial score (nSPS) is 27.5. The minimum atomic E-state index is -0.546. The van der Waals surface area contributed by atoms with Crippen LogP contribution in [0.2, 0.25) is 0 Å². The molecule has 3 aromatic rings. The van der Waals surface area contributed by atoms with Gasteiger partial charge in [-0.25, -0.2) is 0 Å². The number of halogens is 1. The molecule has 3 aliphatic rings. The van der Waals surface area contributed by atoms with Crippen LogP contribution in [-0.2, 0) is 6.54 Å². The fourth-order valence-electron chi connectivity index (χ4n) is 6.07. The lowest BCUT2D eigenvalue weighted by atomic mass is 9.71. The van der Waals surface area contributed by atoms with Crippen LogP contribution in [0, 0.1) is 11.8 Å². The molecule has 168 valence electrons. The first kappa shape index (κ1) is 22.8. The van der Waals surface area contributed by atoms with Crippen LogP contribution in [0.4, 0.5) is 0 Å². The molecule has 2 bridgehead atoms. The molecule has 0 aliphatic carbocycles. The minimum Gasteiger partial charge on any atom is -1.00 e. The molecule has 32 heavy (non-hydrogen) atoms. The maximum Gasteiger partial charge on any atom is 0.131 e. The van der Waals surface area contributed by atoms with Crippen molar-refractivity contribution in [1.82, 2.24) is 4.98 Å². The van der Waals surface area contributed by atoms with Crippen molar-refractivity contribution in [2.75, 3.05) is 20.2 Å². The van der Waals surface area contributed by atoms with E-state index in [4.69, 9.17) is 4.74 Å². The maximum absolute atomic E-state index is 11.8. The fourth-order valence-corrected chi connectivity index (χ4v) is 6.07. The number of rotatable bonds is 6. The lowest BCUT2D eigenvalue weighted by molar-refractivity contribution is -0.984. The van der Waals surface area contributed by atoms with Crippen LogP contribution in [0.3, 0.4) is 0 Å². The molecule has 0 amide bonds. The van der Waals surface area contributed by atoms with Gasteiger partial charge in [-0.3, -0.25) is 4.98 Å². The molecule has 1 N–H and O–H groups in total. The molecular weight excluding hydrogens is 420 g/mol. The van der Waals surface area contributed by atoms with Crippen molar-refractivity contribution in [1.29, 1.82) is 0 Å². The van der Waals surface area contributed by atoms with E-state index in [0.29, 0.717) is 11.8 Å². The molecule has 3 fully saturated rings. The summed E-state index contributed by atoms with van der Waals surface area (Å²) in [6.45, 7) is 7.25. The van der Waals surface area contributed by atoms with E-state index in [0.717, 1.165) is 52.8 Å². The van der Waals surface area contributed by atoms with Gasteiger partial charge in [0.1, 0.15) is 24.4 Å². The average molecular weight is 451 g/mol. The van der Waals surface area contributed by atoms with Gasteiger partial charge in [0, 0.05) is 35.9 Å². The van der Waals surface area contributed by atoms with Crippen LogP contribution in [0.5, 0.6) is 5.75 Å². The van der Waals surface area contributed by atoms with Gasteiger partial charge in [-0.1, -0.05) is 36.4 Å². The van der Waals surface area contributed by atoms with Crippen molar-refractivity contribution in [2.45, 2.75) is 31.5 Å². The van der Waals surface area contributed by atoms with E-state index in [9.17, 15) is 5.11 Å². The Morgan fingerprint density at radius 3 is 2.78 bits per heavy atom. The Morgan fingerprint density at radius 2 is 2.03 bits per heavy atom. The predicted octanol–water partition coefficient (Wildman–Crippen LogP) is 1.89. The number of methoxy groups -OCH3 is 1. The molecule has 3 aliphatic heterocycles. The number of hydrogen-bond donors (Lipinski definition) is 1. The quantitative estimate of drug-likeness (QED) is 0.460. The smallest absolute Gasteiger partial charge is 0.131 e. The molecule has 5 atom stereocenters. The summed E-state index contributed by atoms with van der Waals surface area (Å²) in [6.07, 6.45) is 5.65. The van der Waals surface area contributed by atoms with Gasteiger partial charge in [-0.05, 0) is 35.7 Å². The molecule has 0 radical (unpaired) electrons. The summed E-state index contributed by atoms with van der Waals surface area (Å²) in [5, 5.41) is 12.8. The number of aliphatic hydroxyl groups excluding tert-OH is 1. The monoisotopic (exact) mass is 450 g/mol. The van der Waals surface area contributed by atoms with E-state index in [1.54, 1.807) is 7.11 Å². The average Bonchev–Trinajstić information content (AvgIpc) is 2.83. The number of piperidine rings is 3. The molecular formula is C27H31ClN2O2. The second-order valence-corrected chi connectivity index (χ2v) is 9.25. The Morgan fingerprint density at radius 1 is 1.22 bits per heavy atom. The highest BCUT2D eigenvalue weighted by atomic mass is 35.5. The Hall–Kier alpha value is -2.40. The molecule has 3 saturated heterocycles. The molecule has 5 heteroatoms. The van der Waals surface area contributed by atoms with Gasteiger partial charge in [-0.2, -0.15) is 0 Å². The highest BCUT2D eigenvalue weighted by Gasteiger charge is 2.53. The first-order valence-corrected chi connectivity index (χ1v) is 11.3. The van der Waals surface area contributed by atoms with Crippen LogP contribution in [0.15, 0.2) is 73.4 Å². The van der Waals surface area contributed by atoms with E-state index in [-0.39, 0.29) is 18.4 Å². The number of fused-ring (bicyclic) bond motifs is 4. The number of aromatic nitrogens is 1. The largest absolute Gasteiger partial charge is 1.00 e. The van der Waals surface area contributed by atoms with Gasteiger partial charge in [0.15, 0.2) is 0 Å². The Bertz CT molecular complexity index is 1090. The van der Waals surface area contributed by atoms with Crippen LogP contribution >= 0.6 is 0 Å². The molecule has 4 nitrogen and oxygen atoms in total. The highest BCUT2D eigenvalue weighted by molar-refractivity contribution is 5.83. The van der Waals surface area contributed by atoms with Gasteiger partial charge in [-0.15, -0.1) is 6.58 Å². The third-order valence-electron chi connectivity index (χ3n) is 7.68. The number of nitrogens with zero attached hydrogens (tertiary/aromatic N) is 2. The first-order chi connectivity index (χ1) is 15.1. The number of aliphatic hydroxyl groups is 1. The predicted molar refractivity (Wildman–Crippen MR) is 124 cm³/mol. The summed E-state index contributed by atoms with van der Waals surface area (Å²) in [6, 6.07) is 18.8. The molecule has 4 heterocycles. The topological polar surface area (TPSA) is 42.4 Å². The number of ether oxygens (including phenoxy) is 1. The Kier molecular flexibility index (Phi) is 6.57. The second-order valence-electron chi connectivity index (χ2n) is 9.25. The number of pyridine rings is 1. The van der Waals surface area contributed by atoms with Crippen LogP contribution in [0.1, 0.15) is 30.1 Å². The van der Waals surface area contributed by atoms with Crippen molar-refractivity contribution in [3.8, 4) is 5.75 Å². The fraction of sp³-hybridized carbons (Fsp3) is 0.370. The summed E-state index contributed by atoms with van der Waals surface area (Å²) in [5.41, 5.74) is 3.19. The molecule has 0 saturated carbocycles. The van der Waals surface area contributed by atoms with Gasteiger partial charge >= 0.3 is 0 Å². The molecule has 0 spiro atoms. The summed E-state index contributed by atoms with van der Waals surface area (Å²) >= 11 is 0. The van der Waals surface area contributed by atoms with Gasteiger partial charge in [0.2, 0.25) is 0 Å². The third-order valence-corrected chi connectivity index (χ3v) is 7.68. The lowest BCUT2D eigenvalue weighted by Gasteiger charge is -2.58. The standard InChI is InChI=1S/C27H31N2O2.ClH/c1-3-20-18-29(17-19-7-5-4-6-8-19)14-12-21(20)15-26(29)27(30)23-11-13-28-25-10-9-22(31-2)16-24(23)25;/h3-11,13,16,20-21,26-27,30H,1,12,14-15,17-18H2,2H3;1H/q+1;/p-1/t20-,21+,26+,27-,29?;/m0./s1. The van der Waals surface area contributed by atoms with E-state index < -0.39 is 6.10 Å². The summed E-state index contributed by atoms with van der Waals surface area (Å²) in [4.78, 5) is 4.52. The zero-order valence-corrected chi connectivity index (χ0v) is 19.3. The number of quaternary nitrogens is 1. The third kappa shape index (κ3) is 3.92. The summed E-state index contributed by atoms with van der Waals surface area (Å²) in [7, 11) is 1.68. The van der Waals surface area contributed by atoms with Crippen molar-refractivity contribution in [2.24, 2.45) is 11.8 Å². The van der Waals surface area contributed by atoms with Crippen molar-refractivity contribution >= 4 is 10.9 Å². The van der Waals surface area contributed by atoms with E-state index in [2.05, 4.69) is 48.0 Å². The summed E-state index contributed by atoms with van der Waals surface area (Å²) < 4.78 is 6.38. The van der Waals surface area contributed by atoms with Gasteiger partial charge < -0.3 is 26.7 Å². The van der Waals surface area contributed by atoms with E-state index in [1.807, 2.05) is 30.5 Å². The zero-order chi connectivity index (χ0) is 21.4. The first-order valence-electron chi connectivity index (χ1n) is 11.3. The zero-order valence-electron chi connectivity index (χ0n) is 18.5. The van der Waals surface area contributed by atoms with Crippen LogP contribution in [0.25, 0.3) is 10.9 Å². The summed E-state index contributed by atoms with van der Waals surface area (Å²) in [5.74, 6) is 1.92. The molecule has 1 aromatic heterocycles. The Labute approximate surface area is 196 Å².